The van der Waals surface area contributed by atoms with Gasteiger partial charge in [0.15, 0.2) is 0 Å². The maximum Gasteiger partial charge on any atom is 0.421 e. The van der Waals surface area contributed by atoms with Crippen molar-refractivity contribution in [1.29, 1.82) is 0 Å². The van der Waals surface area contributed by atoms with Crippen molar-refractivity contribution in [3.8, 4) is 0 Å². The zero-order chi connectivity index (χ0) is 29.9. The molecule has 1 aliphatic heterocycles. The number of nitrogens with one attached hydrogen (secondary N) is 3. The number of pyridine rings is 1. The molecule has 13 nitrogen and oxygen atoms in total. The number of anilines is 5. The second-order valence-electron chi connectivity index (χ2n) is 8.48. The van der Waals surface area contributed by atoms with E-state index >= 15 is 0 Å². The van der Waals surface area contributed by atoms with Crippen LogP contribution in [0.5, 0.6) is 0 Å². The molecule has 4 rings (SSSR count). The Morgan fingerprint density at radius 3 is 2.42 bits per heavy atom. The Bertz CT molecular complexity index is 1630. The van der Waals surface area contributed by atoms with Crippen molar-refractivity contribution in [3.05, 3.63) is 59.4 Å². The van der Waals surface area contributed by atoms with Crippen LogP contribution in [0.1, 0.15) is 16.7 Å². The van der Waals surface area contributed by atoms with E-state index in [1.165, 1.54) is 13.2 Å². The van der Waals surface area contributed by atoms with Gasteiger partial charge in [-0.15, -0.1) is 0 Å². The van der Waals surface area contributed by atoms with Crippen LogP contribution in [-0.4, -0.2) is 61.8 Å². The fourth-order valence-corrected chi connectivity index (χ4v) is 3.89. The fraction of sp³-hybridized carbons (Fsp3) is 0.273. The molecule has 1 amide bonds. The summed E-state index contributed by atoms with van der Waals surface area (Å²) in [4.78, 5) is 23.4. The third-order valence-corrected chi connectivity index (χ3v) is 6.36. The molecule has 2 aromatic heterocycles. The number of rotatable bonds is 7. The number of carbonyl (C=O) groups excluding carboxylic acids is 1. The summed E-state index contributed by atoms with van der Waals surface area (Å²) in [6.07, 6.45) is -0.791. The van der Waals surface area contributed by atoms with Crippen molar-refractivity contribution in [3.63, 3.8) is 0 Å². The number of alkyl halides is 3. The van der Waals surface area contributed by atoms with Crippen molar-refractivity contribution in [2.24, 2.45) is 0 Å². The fourth-order valence-electron chi connectivity index (χ4n) is 3.41. The number of carbonyl (C=O) groups is 1. The first-order valence-corrected chi connectivity index (χ1v) is 14.8. The number of halogens is 3. The molecule has 0 saturated heterocycles. The summed E-state index contributed by atoms with van der Waals surface area (Å²) in [5, 5.41) is 8.17. The molecule has 1 aromatic carbocycles. The zero-order valence-corrected chi connectivity index (χ0v) is 22.8. The highest BCUT2D eigenvalue weighted by Gasteiger charge is 2.35. The third kappa shape index (κ3) is 8.48. The minimum Gasteiger partial charge on any atom is -0.365 e. The average molecular weight is 604 g/mol. The SMILES string of the molecule is CN(c1ncccc1CNc1nc(Nc2ccc3c(c2)CC(=O)N3)ncc1C(F)(F)F)S(C)(=O)=O.CS(=O)(=O)O. The van der Waals surface area contributed by atoms with Crippen molar-refractivity contribution in [2.45, 2.75) is 19.1 Å². The Hall–Kier alpha value is -4.03. The monoisotopic (exact) mass is 603 g/mol. The third-order valence-electron chi connectivity index (χ3n) is 5.19. The van der Waals surface area contributed by atoms with Crippen LogP contribution in [0, 0.1) is 0 Å². The van der Waals surface area contributed by atoms with Gasteiger partial charge >= 0.3 is 6.18 Å². The van der Waals surface area contributed by atoms with Crippen LogP contribution in [-0.2, 0) is 44.1 Å². The second-order valence-corrected chi connectivity index (χ2v) is 12.0. The van der Waals surface area contributed by atoms with E-state index < -0.39 is 37.7 Å². The van der Waals surface area contributed by atoms with Gasteiger partial charge in [-0.25, -0.2) is 18.4 Å². The Balaban J connectivity index is 0.000000810. The predicted molar refractivity (Wildman–Crippen MR) is 141 cm³/mol. The molecule has 0 spiro atoms. The van der Waals surface area contributed by atoms with Gasteiger partial charge in [-0.1, -0.05) is 6.07 Å². The van der Waals surface area contributed by atoms with Crippen molar-refractivity contribution in [1.82, 2.24) is 15.0 Å². The van der Waals surface area contributed by atoms with Gasteiger partial charge in [-0.05, 0) is 29.8 Å². The number of amides is 1. The zero-order valence-electron chi connectivity index (χ0n) is 21.2. The normalized spacial score (nSPS) is 13.0. The average Bonchev–Trinajstić information content (AvgIpc) is 3.19. The summed E-state index contributed by atoms with van der Waals surface area (Å²) in [5.74, 6) is -0.669. The molecule has 18 heteroatoms. The van der Waals surface area contributed by atoms with Gasteiger partial charge in [0.1, 0.15) is 17.2 Å². The first kappa shape index (κ1) is 30.5. The van der Waals surface area contributed by atoms with Crippen LogP contribution in [0.25, 0.3) is 0 Å². The standard InChI is InChI=1S/C21H20F3N7O3S.CH4O3S/c1-31(35(2,33)34)19-12(4-3-7-25-19)10-26-18-15(21(22,23)24)11-27-20(30-18)28-14-5-6-16-13(8-14)9-17(32)29-16;1-5(2,3)4/h3-8,11H,9-10H2,1-2H3,(H,29,32)(H2,26,27,28,30);1H3,(H,2,3,4). The molecule has 216 valence electrons. The van der Waals surface area contributed by atoms with Crippen LogP contribution >= 0.6 is 0 Å². The van der Waals surface area contributed by atoms with E-state index in [1.54, 1.807) is 30.3 Å². The van der Waals surface area contributed by atoms with Gasteiger partial charge in [-0.2, -0.15) is 26.6 Å². The lowest BCUT2D eigenvalue weighted by Gasteiger charge is -2.20. The first-order chi connectivity index (χ1) is 18.4. The van der Waals surface area contributed by atoms with Gasteiger partial charge in [0, 0.05) is 42.9 Å². The van der Waals surface area contributed by atoms with E-state index in [1.807, 2.05) is 0 Å². The summed E-state index contributed by atoms with van der Waals surface area (Å²) < 4.78 is 91.5. The van der Waals surface area contributed by atoms with E-state index in [2.05, 4.69) is 30.9 Å². The van der Waals surface area contributed by atoms with E-state index in [4.69, 9.17) is 4.55 Å². The number of sulfonamides is 1. The maximum absolute atomic E-state index is 13.6. The van der Waals surface area contributed by atoms with E-state index in [9.17, 15) is 34.8 Å². The van der Waals surface area contributed by atoms with Crippen molar-refractivity contribution in [2.75, 3.05) is 39.8 Å². The Kier molecular flexibility index (Phi) is 8.85. The Morgan fingerprint density at radius 2 is 1.80 bits per heavy atom. The lowest BCUT2D eigenvalue weighted by molar-refractivity contribution is -0.137. The predicted octanol–water partition coefficient (Wildman–Crippen LogP) is 2.64. The molecular formula is C22H24F3N7O6S2. The maximum atomic E-state index is 13.6. The van der Waals surface area contributed by atoms with Crippen LogP contribution in [0.15, 0.2) is 42.7 Å². The highest BCUT2D eigenvalue weighted by Crippen LogP contribution is 2.35. The van der Waals surface area contributed by atoms with Crippen LogP contribution in [0.2, 0.25) is 0 Å². The second kappa shape index (κ2) is 11.6. The summed E-state index contributed by atoms with van der Waals surface area (Å²) in [6.45, 7) is -0.185. The Labute approximate surface area is 227 Å². The highest BCUT2D eigenvalue weighted by atomic mass is 32.2. The molecule has 0 saturated carbocycles. The molecule has 0 unspecified atom stereocenters. The Morgan fingerprint density at radius 1 is 1.12 bits per heavy atom. The van der Waals surface area contributed by atoms with Crippen LogP contribution < -0.4 is 20.3 Å². The van der Waals surface area contributed by atoms with Crippen LogP contribution in [0.3, 0.4) is 0 Å². The molecule has 40 heavy (non-hydrogen) atoms. The van der Waals surface area contributed by atoms with Crippen molar-refractivity contribution < 1.29 is 39.4 Å². The molecule has 3 heterocycles. The molecule has 0 aliphatic carbocycles. The van der Waals surface area contributed by atoms with E-state index in [-0.39, 0.29) is 30.6 Å². The number of fused-ring (bicyclic) bond motifs is 1. The number of nitrogens with zero attached hydrogens (tertiary/aromatic N) is 4. The smallest absolute Gasteiger partial charge is 0.365 e. The van der Waals surface area contributed by atoms with Crippen molar-refractivity contribution >= 4 is 55.0 Å². The molecule has 0 fully saturated rings. The molecule has 0 atom stereocenters. The lowest BCUT2D eigenvalue weighted by atomic mass is 10.1. The van der Waals surface area contributed by atoms with Gasteiger partial charge in [-0.3, -0.25) is 13.7 Å². The number of benzene rings is 1. The largest absolute Gasteiger partial charge is 0.421 e. The molecule has 0 bridgehead atoms. The van der Waals surface area contributed by atoms with Gasteiger partial charge in [0.2, 0.25) is 21.9 Å². The molecule has 0 radical (unpaired) electrons. The van der Waals surface area contributed by atoms with Crippen LogP contribution in [0.4, 0.5) is 42.1 Å². The van der Waals surface area contributed by atoms with Gasteiger partial charge in [0.05, 0.1) is 18.9 Å². The summed E-state index contributed by atoms with van der Waals surface area (Å²) >= 11 is 0. The lowest BCUT2D eigenvalue weighted by Crippen LogP contribution is -2.27. The van der Waals surface area contributed by atoms with Gasteiger partial charge in [0.25, 0.3) is 10.1 Å². The summed E-state index contributed by atoms with van der Waals surface area (Å²) in [5.41, 5.74) is 1.16. The van der Waals surface area contributed by atoms with Gasteiger partial charge < -0.3 is 16.0 Å². The minimum absolute atomic E-state index is 0.0739. The highest BCUT2D eigenvalue weighted by molar-refractivity contribution is 7.92. The molecule has 1 aliphatic rings. The van der Waals surface area contributed by atoms with E-state index in [0.29, 0.717) is 29.4 Å². The minimum atomic E-state index is -4.73. The topological polar surface area (TPSA) is 184 Å². The van der Waals surface area contributed by atoms with E-state index in [0.717, 1.165) is 16.1 Å². The summed E-state index contributed by atoms with van der Waals surface area (Å²) in [7, 11) is -6.01. The quantitative estimate of drug-likeness (QED) is 0.291. The summed E-state index contributed by atoms with van der Waals surface area (Å²) in [6, 6.07) is 8.09. The molecular weight excluding hydrogens is 579 g/mol. The molecule has 4 N–H and O–H groups in total. The number of hydrogen-bond acceptors (Lipinski definition) is 10. The molecule has 3 aromatic rings. The number of aromatic nitrogens is 3. The first-order valence-electron chi connectivity index (χ1n) is 11.1. The number of hydrogen-bond donors (Lipinski definition) is 4.